The molecule has 0 bridgehead atoms. The van der Waals surface area contributed by atoms with Gasteiger partial charge in [0.05, 0.1) is 0 Å². The molecule has 3 heteroatoms. The third kappa shape index (κ3) is 4.18. The zero-order valence-electron chi connectivity index (χ0n) is 12.9. The number of thioether (sulfide) groups is 1. The molecule has 1 N–H and O–H groups in total. The molecular formula is C18H21ClOS. The van der Waals surface area contributed by atoms with Gasteiger partial charge in [-0.1, -0.05) is 44.5 Å². The van der Waals surface area contributed by atoms with Gasteiger partial charge in [0.2, 0.25) is 0 Å². The van der Waals surface area contributed by atoms with Crippen LogP contribution in [0.4, 0.5) is 0 Å². The summed E-state index contributed by atoms with van der Waals surface area (Å²) in [6.07, 6.45) is 0. The van der Waals surface area contributed by atoms with Crippen LogP contribution in [0, 0.1) is 6.92 Å². The minimum Gasteiger partial charge on any atom is -0.508 e. The van der Waals surface area contributed by atoms with Crippen molar-refractivity contribution in [3.8, 4) is 5.75 Å². The van der Waals surface area contributed by atoms with Gasteiger partial charge < -0.3 is 5.11 Å². The van der Waals surface area contributed by atoms with E-state index in [1.54, 1.807) is 11.8 Å². The molecule has 112 valence electrons. The van der Waals surface area contributed by atoms with Gasteiger partial charge in [-0.3, -0.25) is 0 Å². The number of phenols is 1. The molecule has 0 unspecified atom stereocenters. The molecule has 0 aliphatic heterocycles. The average Bonchev–Trinajstić information content (AvgIpc) is 2.38. The Hall–Kier alpha value is -1.12. The van der Waals surface area contributed by atoms with Gasteiger partial charge in [0.1, 0.15) is 5.75 Å². The summed E-state index contributed by atoms with van der Waals surface area (Å²) in [5.74, 6) is 1.28. The van der Waals surface area contributed by atoms with Crippen molar-refractivity contribution >= 4 is 23.4 Å². The third-order valence-electron chi connectivity index (χ3n) is 3.41. The predicted molar refractivity (Wildman–Crippen MR) is 92.6 cm³/mol. The minimum absolute atomic E-state index is 0.0621. The summed E-state index contributed by atoms with van der Waals surface area (Å²) in [5.41, 5.74) is 3.29. The van der Waals surface area contributed by atoms with Crippen LogP contribution in [0.25, 0.3) is 0 Å². The molecule has 0 fully saturated rings. The number of benzene rings is 2. The molecule has 0 aliphatic rings. The predicted octanol–water partition coefficient (Wildman–Crippen LogP) is 5.94. The molecule has 21 heavy (non-hydrogen) atoms. The molecule has 1 nitrogen and oxygen atoms in total. The lowest BCUT2D eigenvalue weighted by molar-refractivity contribution is 0.445. The van der Waals surface area contributed by atoms with Crippen LogP contribution in [0.2, 0.25) is 5.02 Å². The van der Waals surface area contributed by atoms with E-state index in [9.17, 15) is 5.11 Å². The fourth-order valence-electron chi connectivity index (χ4n) is 2.17. The van der Waals surface area contributed by atoms with Crippen LogP contribution in [-0.4, -0.2) is 5.11 Å². The fourth-order valence-corrected chi connectivity index (χ4v) is 3.30. The van der Waals surface area contributed by atoms with Crippen LogP contribution in [0.15, 0.2) is 41.3 Å². The van der Waals surface area contributed by atoms with Gasteiger partial charge >= 0.3 is 0 Å². The van der Waals surface area contributed by atoms with Crippen molar-refractivity contribution in [1.29, 1.82) is 0 Å². The molecule has 0 amide bonds. The highest BCUT2D eigenvalue weighted by Crippen LogP contribution is 2.37. The van der Waals surface area contributed by atoms with Gasteiger partial charge in [0, 0.05) is 21.2 Å². The van der Waals surface area contributed by atoms with Crippen LogP contribution < -0.4 is 0 Å². The second-order valence-corrected chi connectivity index (χ2v) is 7.75. The smallest absolute Gasteiger partial charge is 0.119 e. The largest absolute Gasteiger partial charge is 0.508 e. The Labute approximate surface area is 136 Å². The molecule has 0 aromatic heterocycles. The lowest BCUT2D eigenvalue weighted by Crippen LogP contribution is -2.11. The standard InChI is InChI=1S/C18H21ClOS/c1-12-9-16(20)15(18(2,3)4)10-17(12)21-11-13-5-7-14(19)8-6-13/h5-10,20H,11H2,1-4H3. The maximum Gasteiger partial charge on any atom is 0.119 e. The Morgan fingerprint density at radius 1 is 1.10 bits per heavy atom. The van der Waals surface area contributed by atoms with Crippen LogP contribution in [-0.2, 0) is 11.2 Å². The molecule has 2 aromatic rings. The Balaban J connectivity index is 2.22. The highest BCUT2D eigenvalue weighted by atomic mass is 35.5. The summed E-state index contributed by atoms with van der Waals surface area (Å²) in [4.78, 5) is 1.22. The molecule has 2 aromatic carbocycles. The number of aromatic hydroxyl groups is 1. The Bertz CT molecular complexity index is 627. The van der Waals surface area contributed by atoms with Crippen molar-refractivity contribution in [1.82, 2.24) is 0 Å². The van der Waals surface area contributed by atoms with E-state index >= 15 is 0 Å². The van der Waals surface area contributed by atoms with Crippen molar-refractivity contribution in [3.05, 3.63) is 58.1 Å². The molecular weight excluding hydrogens is 300 g/mol. The molecule has 0 atom stereocenters. The second kappa shape index (κ2) is 6.33. The highest BCUT2D eigenvalue weighted by Gasteiger charge is 2.19. The van der Waals surface area contributed by atoms with Crippen molar-refractivity contribution < 1.29 is 5.11 Å². The third-order valence-corrected chi connectivity index (χ3v) is 4.89. The first-order valence-electron chi connectivity index (χ1n) is 6.99. The summed E-state index contributed by atoms with van der Waals surface area (Å²) < 4.78 is 0. The molecule has 0 aliphatic carbocycles. The van der Waals surface area contributed by atoms with Gasteiger partial charge in [-0.15, -0.1) is 11.8 Å². The topological polar surface area (TPSA) is 20.2 Å². The van der Waals surface area contributed by atoms with E-state index in [0.717, 1.165) is 21.9 Å². The first-order chi connectivity index (χ1) is 9.77. The number of halogens is 1. The molecule has 0 saturated carbocycles. The Morgan fingerprint density at radius 2 is 1.71 bits per heavy atom. The zero-order valence-corrected chi connectivity index (χ0v) is 14.5. The van der Waals surface area contributed by atoms with E-state index in [2.05, 4.69) is 39.0 Å². The van der Waals surface area contributed by atoms with Gasteiger partial charge in [-0.05, 0) is 47.7 Å². The highest BCUT2D eigenvalue weighted by molar-refractivity contribution is 7.98. The molecule has 0 heterocycles. The maximum atomic E-state index is 10.1. The second-order valence-electron chi connectivity index (χ2n) is 6.30. The van der Waals surface area contributed by atoms with E-state index in [-0.39, 0.29) is 5.41 Å². The molecule has 2 rings (SSSR count). The molecule has 0 spiro atoms. The van der Waals surface area contributed by atoms with Crippen LogP contribution in [0.1, 0.15) is 37.5 Å². The van der Waals surface area contributed by atoms with Crippen molar-refractivity contribution in [2.45, 2.75) is 43.8 Å². The van der Waals surface area contributed by atoms with Crippen molar-refractivity contribution in [2.75, 3.05) is 0 Å². The van der Waals surface area contributed by atoms with E-state index in [0.29, 0.717) is 5.75 Å². The SMILES string of the molecule is Cc1cc(O)c(C(C)(C)C)cc1SCc1ccc(Cl)cc1. The van der Waals surface area contributed by atoms with E-state index < -0.39 is 0 Å². The molecule has 0 radical (unpaired) electrons. The van der Waals surface area contributed by atoms with Gasteiger partial charge in [-0.25, -0.2) is 0 Å². The number of hydrogen-bond donors (Lipinski definition) is 1. The average molecular weight is 321 g/mol. The summed E-state index contributed by atoms with van der Waals surface area (Å²) in [5, 5.41) is 10.9. The van der Waals surface area contributed by atoms with Crippen molar-refractivity contribution in [3.63, 3.8) is 0 Å². The number of hydrogen-bond acceptors (Lipinski definition) is 2. The normalized spacial score (nSPS) is 11.7. The summed E-state index contributed by atoms with van der Waals surface area (Å²) >= 11 is 7.70. The van der Waals surface area contributed by atoms with Gasteiger partial charge in [-0.2, -0.15) is 0 Å². The zero-order chi connectivity index (χ0) is 15.6. The monoisotopic (exact) mass is 320 g/mol. The van der Waals surface area contributed by atoms with Crippen LogP contribution in [0.3, 0.4) is 0 Å². The minimum atomic E-state index is -0.0621. The van der Waals surface area contributed by atoms with Crippen LogP contribution >= 0.6 is 23.4 Å². The number of rotatable bonds is 3. The van der Waals surface area contributed by atoms with Gasteiger partial charge in [0.15, 0.2) is 0 Å². The van der Waals surface area contributed by atoms with E-state index in [4.69, 9.17) is 11.6 Å². The lowest BCUT2D eigenvalue weighted by atomic mass is 9.86. The van der Waals surface area contributed by atoms with Crippen LogP contribution in [0.5, 0.6) is 5.75 Å². The summed E-state index contributed by atoms with van der Waals surface area (Å²) in [6, 6.07) is 11.9. The summed E-state index contributed by atoms with van der Waals surface area (Å²) in [6.45, 7) is 8.39. The van der Waals surface area contributed by atoms with Crippen molar-refractivity contribution in [2.24, 2.45) is 0 Å². The number of phenolic OH excluding ortho intramolecular Hbond substituents is 1. The first kappa shape index (κ1) is 16.3. The Morgan fingerprint density at radius 3 is 2.29 bits per heavy atom. The fraction of sp³-hybridized carbons (Fsp3) is 0.333. The van der Waals surface area contributed by atoms with Gasteiger partial charge in [0.25, 0.3) is 0 Å². The quantitative estimate of drug-likeness (QED) is 0.706. The van der Waals surface area contributed by atoms with E-state index in [1.165, 1.54) is 10.5 Å². The summed E-state index contributed by atoms with van der Waals surface area (Å²) in [7, 11) is 0. The number of aryl methyl sites for hydroxylation is 1. The molecule has 0 saturated heterocycles. The maximum absolute atomic E-state index is 10.1. The Kier molecular flexibility index (Phi) is 4.90. The lowest BCUT2D eigenvalue weighted by Gasteiger charge is -2.22. The first-order valence-corrected chi connectivity index (χ1v) is 8.35. The van der Waals surface area contributed by atoms with E-state index in [1.807, 2.05) is 25.1 Å².